The van der Waals surface area contributed by atoms with Gasteiger partial charge >= 0.3 is 0 Å². The molecule has 2 N–H and O–H groups in total. The third-order valence-corrected chi connectivity index (χ3v) is 2.63. The van der Waals surface area contributed by atoms with Crippen LogP contribution < -0.4 is 0 Å². The van der Waals surface area contributed by atoms with Crippen LogP contribution in [0.4, 0.5) is 0 Å². The number of hydrogen-bond donors (Lipinski definition) is 3. The first-order valence-electron chi connectivity index (χ1n) is 4.49. The Morgan fingerprint density at radius 1 is 1.47 bits per heavy atom. The first kappa shape index (κ1) is 10.8. The van der Waals surface area contributed by atoms with Gasteiger partial charge in [0.1, 0.15) is 0 Å². The molecule has 0 spiro atoms. The van der Waals surface area contributed by atoms with Gasteiger partial charge in [-0.3, -0.25) is 0 Å². The van der Waals surface area contributed by atoms with Gasteiger partial charge in [0.2, 0.25) is 0 Å². The smallest absolute Gasteiger partial charge is 0.163 e. The molecule has 2 rings (SSSR count). The Morgan fingerprint density at radius 3 is 2.73 bits per heavy atom. The van der Waals surface area contributed by atoms with Crippen LogP contribution in [0.15, 0.2) is 17.3 Å². The van der Waals surface area contributed by atoms with Crippen LogP contribution in [-0.2, 0) is 5.60 Å². The second kappa shape index (κ2) is 3.40. The van der Waals surface area contributed by atoms with Gasteiger partial charge in [0.15, 0.2) is 5.16 Å². The highest BCUT2D eigenvalue weighted by Gasteiger charge is 2.21. The molecule has 0 bridgehead atoms. The Morgan fingerprint density at radius 2 is 2.13 bits per heavy atom. The Kier molecular flexibility index (Phi) is 2.45. The summed E-state index contributed by atoms with van der Waals surface area (Å²) >= 11 is 10.1. The second-order valence-corrected chi connectivity index (χ2v) is 4.83. The summed E-state index contributed by atoms with van der Waals surface area (Å²) in [6.07, 6.45) is 0. The highest BCUT2D eigenvalue weighted by Crippen LogP contribution is 2.30. The molecule has 2 aromatic rings. The summed E-state index contributed by atoms with van der Waals surface area (Å²) in [4.78, 5) is 7.16. The number of nitrogens with one attached hydrogen (secondary N) is 1. The summed E-state index contributed by atoms with van der Waals surface area (Å²) in [5, 5.41) is 11.1. The van der Waals surface area contributed by atoms with Gasteiger partial charge in [-0.25, -0.2) is 4.98 Å². The molecule has 0 saturated heterocycles. The normalized spacial score (nSPS) is 12.3. The molecule has 0 fully saturated rings. The van der Waals surface area contributed by atoms with E-state index < -0.39 is 5.60 Å². The lowest BCUT2D eigenvalue weighted by Gasteiger charge is -2.18. The molecule has 0 atom stereocenters. The standard InChI is InChI=1S/C10H11ClN2OS/c1-10(2,14)6-3-5(11)4-7-8(6)13-9(15)12-7/h3-4,14H,1-2H3,(H2,12,13,15). The van der Waals surface area contributed by atoms with Crippen molar-refractivity contribution in [2.24, 2.45) is 0 Å². The van der Waals surface area contributed by atoms with E-state index >= 15 is 0 Å². The van der Waals surface area contributed by atoms with Crippen molar-refractivity contribution in [2.45, 2.75) is 24.6 Å². The van der Waals surface area contributed by atoms with Crippen molar-refractivity contribution < 1.29 is 5.11 Å². The van der Waals surface area contributed by atoms with Gasteiger partial charge < -0.3 is 10.1 Å². The Balaban J connectivity index is 2.82. The van der Waals surface area contributed by atoms with E-state index in [4.69, 9.17) is 11.6 Å². The van der Waals surface area contributed by atoms with E-state index in [1.165, 1.54) is 0 Å². The molecule has 5 heteroatoms. The molecule has 0 aliphatic heterocycles. The van der Waals surface area contributed by atoms with Crippen LogP contribution in [0.25, 0.3) is 11.0 Å². The van der Waals surface area contributed by atoms with Crippen LogP contribution in [0.3, 0.4) is 0 Å². The predicted molar refractivity (Wildman–Crippen MR) is 63.6 cm³/mol. The number of fused-ring (bicyclic) bond motifs is 1. The van der Waals surface area contributed by atoms with E-state index in [1.54, 1.807) is 26.0 Å². The van der Waals surface area contributed by atoms with Crippen molar-refractivity contribution in [3.8, 4) is 0 Å². The zero-order valence-electron chi connectivity index (χ0n) is 8.37. The van der Waals surface area contributed by atoms with Crippen LogP contribution in [0.2, 0.25) is 5.02 Å². The van der Waals surface area contributed by atoms with Crippen molar-refractivity contribution in [2.75, 3.05) is 0 Å². The second-order valence-electron chi connectivity index (χ2n) is 3.97. The number of rotatable bonds is 1. The summed E-state index contributed by atoms with van der Waals surface area (Å²) in [5.41, 5.74) is 1.25. The van der Waals surface area contributed by atoms with Crippen molar-refractivity contribution in [1.29, 1.82) is 0 Å². The van der Waals surface area contributed by atoms with Crippen molar-refractivity contribution in [3.05, 3.63) is 22.7 Å². The first-order valence-corrected chi connectivity index (χ1v) is 5.31. The molecular weight excluding hydrogens is 232 g/mol. The van der Waals surface area contributed by atoms with E-state index in [-0.39, 0.29) is 0 Å². The number of halogens is 1. The van der Waals surface area contributed by atoms with Gasteiger partial charge in [-0.05, 0) is 26.0 Å². The molecule has 1 heterocycles. The largest absolute Gasteiger partial charge is 0.386 e. The minimum Gasteiger partial charge on any atom is -0.386 e. The molecule has 80 valence electrons. The van der Waals surface area contributed by atoms with Crippen molar-refractivity contribution >= 4 is 35.3 Å². The zero-order valence-corrected chi connectivity index (χ0v) is 10.0. The molecule has 1 aromatic carbocycles. The maximum Gasteiger partial charge on any atom is 0.163 e. The predicted octanol–water partition coefficient (Wildman–Crippen LogP) is 2.73. The fourth-order valence-electron chi connectivity index (χ4n) is 1.55. The number of benzene rings is 1. The molecule has 0 saturated carbocycles. The van der Waals surface area contributed by atoms with E-state index in [2.05, 4.69) is 22.6 Å². The summed E-state index contributed by atoms with van der Waals surface area (Å²) in [5.74, 6) is 0. The molecule has 0 radical (unpaired) electrons. The van der Waals surface area contributed by atoms with E-state index in [1.807, 2.05) is 0 Å². The zero-order chi connectivity index (χ0) is 11.2. The average molecular weight is 243 g/mol. The van der Waals surface area contributed by atoms with Crippen LogP contribution in [0.1, 0.15) is 19.4 Å². The minimum atomic E-state index is -0.962. The van der Waals surface area contributed by atoms with Gasteiger partial charge in [-0.2, -0.15) is 0 Å². The van der Waals surface area contributed by atoms with Gasteiger partial charge in [-0.15, -0.1) is 12.6 Å². The van der Waals surface area contributed by atoms with Crippen LogP contribution in [-0.4, -0.2) is 15.1 Å². The lowest BCUT2D eigenvalue weighted by atomic mass is 9.97. The van der Waals surface area contributed by atoms with Gasteiger partial charge in [0.05, 0.1) is 16.6 Å². The molecule has 0 amide bonds. The topological polar surface area (TPSA) is 48.9 Å². The maximum atomic E-state index is 9.99. The Labute approximate surface area is 97.9 Å². The van der Waals surface area contributed by atoms with Crippen LogP contribution >= 0.6 is 24.2 Å². The van der Waals surface area contributed by atoms with Crippen molar-refractivity contribution in [1.82, 2.24) is 9.97 Å². The minimum absolute atomic E-state index is 0.512. The number of imidazole rings is 1. The quantitative estimate of drug-likeness (QED) is 0.674. The fourth-order valence-corrected chi connectivity index (χ4v) is 1.98. The molecule has 0 unspecified atom stereocenters. The summed E-state index contributed by atoms with van der Waals surface area (Å²) < 4.78 is 0. The number of H-pyrrole nitrogens is 1. The third-order valence-electron chi connectivity index (χ3n) is 2.20. The van der Waals surface area contributed by atoms with E-state index in [9.17, 15) is 5.11 Å². The summed E-state index contributed by atoms with van der Waals surface area (Å²) in [6.45, 7) is 3.41. The monoisotopic (exact) mass is 242 g/mol. The van der Waals surface area contributed by atoms with Gasteiger partial charge in [-0.1, -0.05) is 11.6 Å². The fraction of sp³-hybridized carbons (Fsp3) is 0.300. The molecule has 0 aliphatic carbocycles. The summed E-state index contributed by atoms with van der Waals surface area (Å²) in [6, 6.07) is 3.47. The number of aromatic nitrogens is 2. The maximum absolute atomic E-state index is 9.99. The molecule has 3 nitrogen and oxygen atoms in total. The van der Waals surface area contributed by atoms with E-state index in [0.717, 1.165) is 11.1 Å². The number of nitrogens with zero attached hydrogens (tertiary/aromatic N) is 1. The van der Waals surface area contributed by atoms with Gasteiger partial charge in [0, 0.05) is 10.6 Å². The third kappa shape index (κ3) is 1.97. The van der Waals surface area contributed by atoms with E-state index in [0.29, 0.717) is 15.7 Å². The van der Waals surface area contributed by atoms with Crippen LogP contribution in [0.5, 0.6) is 0 Å². The first-order chi connectivity index (χ1) is 6.88. The number of hydrogen-bond acceptors (Lipinski definition) is 3. The number of thiol groups is 1. The Bertz CT molecular complexity index is 516. The van der Waals surface area contributed by atoms with Crippen molar-refractivity contribution in [3.63, 3.8) is 0 Å². The lowest BCUT2D eigenvalue weighted by molar-refractivity contribution is 0.0800. The highest BCUT2D eigenvalue weighted by atomic mass is 35.5. The van der Waals surface area contributed by atoms with Gasteiger partial charge in [0.25, 0.3) is 0 Å². The number of aromatic amines is 1. The lowest BCUT2D eigenvalue weighted by Crippen LogP contribution is -2.16. The highest BCUT2D eigenvalue weighted by molar-refractivity contribution is 7.80. The molecule has 1 aromatic heterocycles. The molecule has 0 aliphatic rings. The summed E-state index contributed by atoms with van der Waals surface area (Å²) in [7, 11) is 0. The average Bonchev–Trinajstić information content (AvgIpc) is 2.41. The molecular formula is C10H11ClN2OS. The SMILES string of the molecule is CC(C)(O)c1cc(Cl)cc2nc(S)[nH]c12. The van der Waals surface area contributed by atoms with Crippen LogP contribution in [0, 0.1) is 0 Å². The molecule has 15 heavy (non-hydrogen) atoms. The number of aliphatic hydroxyl groups is 1. The Hall–Kier alpha value is -0.710.